The van der Waals surface area contributed by atoms with Gasteiger partial charge in [0.2, 0.25) is 0 Å². The molecule has 3 nitrogen and oxygen atoms in total. The van der Waals surface area contributed by atoms with Crippen LogP contribution in [0.3, 0.4) is 0 Å². The number of nitriles is 1. The van der Waals surface area contributed by atoms with E-state index in [1.807, 2.05) is 12.1 Å². The standard InChI is InChI=1S/C16H23N3/c1-13-10-14(11-17)4-5-15(13)12-19(3)16-6-8-18(2)9-7-16/h4-5,10,16H,6-9,12H2,1-3H3. The molecule has 0 aromatic heterocycles. The average Bonchev–Trinajstić information content (AvgIpc) is 2.41. The number of benzene rings is 1. The average molecular weight is 257 g/mol. The number of aryl methyl sites for hydroxylation is 1. The summed E-state index contributed by atoms with van der Waals surface area (Å²) in [6.07, 6.45) is 2.50. The number of nitrogens with zero attached hydrogens (tertiary/aromatic N) is 3. The van der Waals surface area contributed by atoms with Crippen LogP contribution in [0.2, 0.25) is 0 Å². The molecule has 2 rings (SSSR count). The molecule has 1 aromatic carbocycles. The molecule has 0 radical (unpaired) electrons. The van der Waals surface area contributed by atoms with E-state index < -0.39 is 0 Å². The van der Waals surface area contributed by atoms with E-state index in [0.29, 0.717) is 6.04 Å². The predicted octanol–water partition coefficient (Wildman–Crippen LogP) is 2.39. The molecule has 0 bridgehead atoms. The minimum Gasteiger partial charge on any atom is -0.306 e. The Bertz CT molecular complexity index is 467. The van der Waals surface area contributed by atoms with Crippen LogP contribution in [0.4, 0.5) is 0 Å². The zero-order chi connectivity index (χ0) is 13.8. The van der Waals surface area contributed by atoms with Crippen LogP contribution in [0, 0.1) is 18.3 Å². The van der Waals surface area contributed by atoms with E-state index in [9.17, 15) is 0 Å². The first-order valence-electron chi connectivity index (χ1n) is 6.98. The number of hydrogen-bond acceptors (Lipinski definition) is 3. The molecule has 0 spiro atoms. The summed E-state index contributed by atoms with van der Waals surface area (Å²) in [5, 5.41) is 8.90. The second-order valence-corrected chi connectivity index (χ2v) is 5.70. The summed E-state index contributed by atoms with van der Waals surface area (Å²) in [6.45, 7) is 5.47. The first-order chi connectivity index (χ1) is 9.10. The Morgan fingerprint density at radius 2 is 2.05 bits per heavy atom. The SMILES string of the molecule is Cc1cc(C#N)ccc1CN(C)C1CCN(C)CC1. The quantitative estimate of drug-likeness (QED) is 0.833. The molecule has 3 heteroatoms. The molecule has 1 heterocycles. The minimum atomic E-state index is 0.686. The van der Waals surface area contributed by atoms with Crippen molar-refractivity contribution in [1.82, 2.24) is 9.80 Å². The van der Waals surface area contributed by atoms with Crippen molar-refractivity contribution < 1.29 is 0 Å². The van der Waals surface area contributed by atoms with E-state index in [-0.39, 0.29) is 0 Å². The molecule has 1 aromatic rings. The molecule has 102 valence electrons. The highest BCUT2D eigenvalue weighted by Crippen LogP contribution is 2.18. The van der Waals surface area contributed by atoms with E-state index >= 15 is 0 Å². The second kappa shape index (κ2) is 6.18. The molecular weight excluding hydrogens is 234 g/mol. The summed E-state index contributed by atoms with van der Waals surface area (Å²) in [4.78, 5) is 4.86. The van der Waals surface area contributed by atoms with Crippen molar-refractivity contribution in [3.05, 3.63) is 34.9 Å². The highest BCUT2D eigenvalue weighted by atomic mass is 15.2. The number of hydrogen-bond donors (Lipinski definition) is 0. The summed E-state index contributed by atoms with van der Waals surface area (Å²) >= 11 is 0. The Morgan fingerprint density at radius 1 is 1.37 bits per heavy atom. The van der Waals surface area contributed by atoms with Crippen molar-refractivity contribution in [3.8, 4) is 6.07 Å². The molecule has 0 atom stereocenters. The molecule has 1 saturated heterocycles. The van der Waals surface area contributed by atoms with Gasteiger partial charge in [-0.1, -0.05) is 6.07 Å². The van der Waals surface area contributed by atoms with Crippen molar-refractivity contribution in [1.29, 1.82) is 5.26 Å². The van der Waals surface area contributed by atoms with Gasteiger partial charge in [0, 0.05) is 12.6 Å². The van der Waals surface area contributed by atoms with Gasteiger partial charge in [-0.15, -0.1) is 0 Å². The van der Waals surface area contributed by atoms with E-state index in [0.717, 1.165) is 12.1 Å². The minimum absolute atomic E-state index is 0.686. The summed E-state index contributed by atoms with van der Waals surface area (Å²) in [6, 6.07) is 8.89. The number of piperidine rings is 1. The Labute approximate surface area is 116 Å². The summed E-state index contributed by atoms with van der Waals surface area (Å²) in [5.41, 5.74) is 3.31. The van der Waals surface area contributed by atoms with E-state index in [1.54, 1.807) is 0 Å². The van der Waals surface area contributed by atoms with Crippen molar-refractivity contribution in [3.63, 3.8) is 0 Å². The lowest BCUT2D eigenvalue weighted by molar-refractivity contribution is 0.139. The van der Waals surface area contributed by atoms with Gasteiger partial charge < -0.3 is 4.90 Å². The lowest BCUT2D eigenvalue weighted by Gasteiger charge is -2.35. The Balaban J connectivity index is 1.99. The first kappa shape index (κ1) is 14.0. The molecule has 0 amide bonds. The first-order valence-corrected chi connectivity index (χ1v) is 6.98. The highest BCUT2D eigenvalue weighted by Gasteiger charge is 2.20. The fourth-order valence-corrected chi connectivity index (χ4v) is 2.78. The molecule has 0 unspecified atom stereocenters. The monoisotopic (exact) mass is 257 g/mol. The van der Waals surface area contributed by atoms with Crippen molar-refractivity contribution in [2.75, 3.05) is 27.2 Å². The molecule has 1 aliphatic rings. The van der Waals surface area contributed by atoms with Crippen molar-refractivity contribution in [2.45, 2.75) is 32.4 Å². The zero-order valence-corrected chi connectivity index (χ0v) is 12.2. The van der Waals surface area contributed by atoms with Gasteiger partial charge in [-0.3, -0.25) is 4.90 Å². The van der Waals surface area contributed by atoms with Gasteiger partial charge >= 0.3 is 0 Å². The van der Waals surface area contributed by atoms with Crippen molar-refractivity contribution in [2.24, 2.45) is 0 Å². The maximum Gasteiger partial charge on any atom is 0.0991 e. The summed E-state index contributed by atoms with van der Waals surface area (Å²) in [7, 11) is 4.41. The molecule has 0 aliphatic carbocycles. The second-order valence-electron chi connectivity index (χ2n) is 5.70. The van der Waals surface area contributed by atoms with Gasteiger partial charge in [-0.2, -0.15) is 5.26 Å². The third-order valence-electron chi connectivity index (χ3n) is 4.20. The molecule has 19 heavy (non-hydrogen) atoms. The predicted molar refractivity (Wildman–Crippen MR) is 77.9 cm³/mol. The Morgan fingerprint density at radius 3 is 2.63 bits per heavy atom. The largest absolute Gasteiger partial charge is 0.306 e. The van der Waals surface area contributed by atoms with Gasteiger partial charge in [0.1, 0.15) is 0 Å². The third-order valence-corrected chi connectivity index (χ3v) is 4.20. The van der Waals surface area contributed by atoms with Gasteiger partial charge in [0.15, 0.2) is 0 Å². The van der Waals surface area contributed by atoms with Crippen LogP contribution >= 0.6 is 0 Å². The normalized spacial score (nSPS) is 17.6. The lowest BCUT2D eigenvalue weighted by Crippen LogP contribution is -2.41. The third kappa shape index (κ3) is 3.56. The topological polar surface area (TPSA) is 30.3 Å². The fraction of sp³-hybridized carbons (Fsp3) is 0.562. The summed E-state index contributed by atoms with van der Waals surface area (Å²) < 4.78 is 0. The van der Waals surface area contributed by atoms with Gasteiger partial charge in [-0.25, -0.2) is 0 Å². The van der Waals surface area contributed by atoms with Crippen LogP contribution in [0.15, 0.2) is 18.2 Å². The maximum atomic E-state index is 8.90. The van der Waals surface area contributed by atoms with Crippen LogP contribution in [0.5, 0.6) is 0 Å². The van der Waals surface area contributed by atoms with Crippen LogP contribution in [0.25, 0.3) is 0 Å². The summed E-state index contributed by atoms with van der Waals surface area (Å²) in [5.74, 6) is 0. The van der Waals surface area contributed by atoms with Crippen molar-refractivity contribution >= 4 is 0 Å². The van der Waals surface area contributed by atoms with Crippen LogP contribution in [0.1, 0.15) is 29.5 Å². The van der Waals surface area contributed by atoms with Crippen LogP contribution in [-0.4, -0.2) is 43.0 Å². The molecule has 1 fully saturated rings. The van der Waals surface area contributed by atoms with Gasteiger partial charge in [0.05, 0.1) is 11.6 Å². The Hall–Kier alpha value is -1.37. The fourth-order valence-electron chi connectivity index (χ4n) is 2.78. The molecular formula is C16H23N3. The maximum absolute atomic E-state index is 8.90. The Kier molecular flexibility index (Phi) is 4.57. The van der Waals surface area contributed by atoms with Crippen LogP contribution in [-0.2, 0) is 6.54 Å². The van der Waals surface area contributed by atoms with Gasteiger partial charge in [0.25, 0.3) is 0 Å². The van der Waals surface area contributed by atoms with E-state index in [1.165, 1.54) is 37.1 Å². The number of likely N-dealkylation sites (tertiary alicyclic amines) is 1. The molecule has 1 aliphatic heterocycles. The highest BCUT2D eigenvalue weighted by molar-refractivity contribution is 5.37. The zero-order valence-electron chi connectivity index (χ0n) is 12.2. The molecule has 0 N–H and O–H groups in total. The van der Waals surface area contributed by atoms with E-state index in [2.05, 4.69) is 43.0 Å². The number of rotatable bonds is 3. The van der Waals surface area contributed by atoms with Crippen LogP contribution < -0.4 is 0 Å². The van der Waals surface area contributed by atoms with Gasteiger partial charge in [-0.05, 0) is 70.2 Å². The lowest BCUT2D eigenvalue weighted by atomic mass is 10.0. The van der Waals surface area contributed by atoms with E-state index in [4.69, 9.17) is 5.26 Å². The molecule has 0 saturated carbocycles. The smallest absolute Gasteiger partial charge is 0.0991 e.